The third-order valence-corrected chi connectivity index (χ3v) is 5.69. The highest BCUT2D eigenvalue weighted by Gasteiger charge is 2.22. The van der Waals surface area contributed by atoms with Crippen LogP contribution in [0, 0.1) is 6.92 Å². The molecule has 6 heteroatoms. The van der Waals surface area contributed by atoms with E-state index in [-0.39, 0.29) is 30.4 Å². The van der Waals surface area contributed by atoms with E-state index in [1.807, 2.05) is 66.4 Å². The Bertz CT molecular complexity index is 896. The van der Waals surface area contributed by atoms with Gasteiger partial charge in [0.15, 0.2) is 5.78 Å². The molecule has 1 aliphatic rings. The van der Waals surface area contributed by atoms with Gasteiger partial charge in [-0.3, -0.25) is 14.4 Å². The van der Waals surface area contributed by atoms with Crippen LogP contribution in [0.2, 0.25) is 0 Å². The Balaban J connectivity index is 1.37. The molecular formula is C26H32N2O4. The van der Waals surface area contributed by atoms with Crippen molar-refractivity contribution in [1.82, 2.24) is 9.80 Å². The van der Waals surface area contributed by atoms with Crippen LogP contribution in [0.5, 0.6) is 5.75 Å². The maximum absolute atomic E-state index is 12.6. The number of para-hydroxylation sites is 1. The zero-order valence-electron chi connectivity index (χ0n) is 18.8. The Morgan fingerprint density at radius 2 is 1.41 bits per heavy atom. The van der Waals surface area contributed by atoms with E-state index >= 15 is 0 Å². The van der Waals surface area contributed by atoms with E-state index in [0.29, 0.717) is 51.2 Å². The molecule has 2 aromatic carbocycles. The average Bonchev–Trinajstić information content (AvgIpc) is 3.08. The van der Waals surface area contributed by atoms with Crippen molar-refractivity contribution in [3.05, 3.63) is 65.7 Å². The van der Waals surface area contributed by atoms with Crippen LogP contribution in [0.1, 0.15) is 48.0 Å². The molecule has 0 saturated carbocycles. The normalized spacial score (nSPS) is 14.0. The minimum Gasteiger partial charge on any atom is -0.494 e. The summed E-state index contributed by atoms with van der Waals surface area (Å²) >= 11 is 0. The predicted octanol–water partition coefficient (Wildman–Crippen LogP) is 3.88. The number of carbonyl (C=O) groups excluding carboxylic acids is 3. The lowest BCUT2D eigenvalue weighted by Gasteiger charge is -2.22. The van der Waals surface area contributed by atoms with Gasteiger partial charge in [0.05, 0.1) is 6.61 Å². The molecule has 2 amide bonds. The summed E-state index contributed by atoms with van der Waals surface area (Å²) in [6.45, 7) is 4.82. The highest BCUT2D eigenvalue weighted by atomic mass is 16.5. The van der Waals surface area contributed by atoms with E-state index in [1.54, 1.807) is 4.90 Å². The molecule has 6 nitrogen and oxygen atoms in total. The third kappa shape index (κ3) is 7.22. The van der Waals surface area contributed by atoms with Gasteiger partial charge in [-0.15, -0.1) is 0 Å². The highest BCUT2D eigenvalue weighted by Crippen LogP contribution is 2.12. The number of nitrogens with zero attached hydrogens (tertiary/aromatic N) is 2. The molecule has 0 N–H and O–H groups in total. The van der Waals surface area contributed by atoms with Gasteiger partial charge in [-0.25, -0.2) is 0 Å². The number of carbonyl (C=O) groups is 3. The van der Waals surface area contributed by atoms with Crippen molar-refractivity contribution < 1.29 is 19.1 Å². The number of rotatable bonds is 9. The Kier molecular flexibility index (Phi) is 8.84. The van der Waals surface area contributed by atoms with Crippen molar-refractivity contribution in [2.45, 2.75) is 39.0 Å². The number of aryl methyl sites for hydroxylation is 1. The minimum absolute atomic E-state index is 0.0114. The lowest BCUT2D eigenvalue weighted by molar-refractivity contribution is -0.133. The fourth-order valence-electron chi connectivity index (χ4n) is 3.77. The molecule has 0 aromatic heterocycles. The first-order valence-corrected chi connectivity index (χ1v) is 11.4. The molecule has 170 valence electrons. The van der Waals surface area contributed by atoms with E-state index in [1.165, 1.54) is 0 Å². The van der Waals surface area contributed by atoms with Gasteiger partial charge in [-0.05, 0) is 31.9 Å². The van der Waals surface area contributed by atoms with Crippen molar-refractivity contribution in [2.24, 2.45) is 0 Å². The highest BCUT2D eigenvalue weighted by molar-refractivity contribution is 5.98. The van der Waals surface area contributed by atoms with Crippen molar-refractivity contribution in [3.8, 4) is 5.75 Å². The van der Waals surface area contributed by atoms with E-state index in [9.17, 15) is 14.4 Å². The summed E-state index contributed by atoms with van der Waals surface area (Å²) in [6, 6.07) is 17.0. The molecule has 2 aromatic rings. The number of ether oxygens (including phenoxy) is 1. The molecule has 0 spiro atoms. The van der Waals surface area contributed by atoms with Crippen molar-refractivity contribution in [2.75, 3.05) is 32.8 Å². The predicted molar refractivity (Wildman–Crippen MR) is 124 cm³/mol. The van der Waals surface area contributed by atoms with Gasteiger partial charge in [0.25, 0.3) is 0 Å². The smallest absolute Gasteiger partial charge is 0.223 e. The fraction of sp³-hybridized carbons (Fsp3) is 0.423. The molecule has 1 fully saturated rings. The molecule has 0 radical (unpaired) electrons. The molecule has 0 aliphatic carbocycles. The van der Waals surface area contributed by atoms with Gasteiger partial charge in [0.2, 0.25) is 11.8 Å². The second-order valence-corrected chi connectivity index (χ2v) is 8.17. The lowest BCUT2D eigenvalue weighted by atomic mass is 10.0. The average molecular weight is 437 g/mol. The quantitative estimate of drug-likeness (QED) is 0.442. The van der Waals surface area contributed by atoms with E-state index in [4.69, 9.17) is 4.74 Å². The van der Waals surface area contributed by atoms with E-state index in [0.717, 1.165) is 17.7 Å². The molecule has 3 rings (SSSR count). The molecular weight excluding hydrogens is 404 g/mol. The number of hydrogen-bond acceptors (Lipinski definition) is 4. The second kappa shape index (κ2) is 12.0. The SMILES string of the molecule is Cc1ccc(C(=O)CCC(=O)N2CCCN(C(=O)CCCOc3ccccc3)CC2)cc1. The first-order valence-electron chi connectivity index (χ1n) is 11.4. The molecule has 0 bridgehead atoms. The summed E-state index contributed by atoms with van der Waals surface area (Å²) < 4.78 is 5.65. The summed E-state index contributed by atoms with van der Waals surface area (Å²) in [5.74, 6) is 0.883. The topological polar surface area (TPSA) is 66.9 Å². The number of Topliss-reactive ketones (excluding diaryl/α,β-unsaturated/α-hetero) is 1. The monoisotopic (exact) mass is 436 g/mol. The van der Waals surface area contributed by atoms with Gasteiger partial charge in [-0.1, -0.05) is 48.0 Å². The molecule has 32 heavy (non-hydrogen) atoms. The van der Waals surface area contributed by atoms with Gasteiger partial charge in [0.1, 0.15) is 5.75 Å². The van der Waals surface area contributed by atoms with Crippen molar-refractivity contribution in [3.63, 3.8) is 0 Å². The molecule has 1 heterocycles. The summed E-state index contributed by atoms with van der Waals surface area (Å²) in [6.07, 6.45) is 2.27. The molecule has 1 aliphatic heterocycles. The fourth-order valence-corrected chi connectivity index (χ4v) is 3.77. The Hall–Kier alpha value is -3.15. The maximum Gasteiger partial charge on any atom is 0.223 e. The standard InChI is InChI=1S/C26H32N2O4/c1-21-10-12-22(13-11-21)24(29)14-15-26(31)28-17-6-16-27(18-19-28)25(30)9-5-20-32-23-7-3-2-4-8-23/h2-4,7-8,10-13H,5-6,9,14-20H2,1H3. The first kappa shape index (κ1) is 23.5. The zero-order chi connectivity index (χ0) is 22.8. The number of benzene rings is 2. The summed E-state index contributed by atoms with van der Waals surface area (Å²) in [4.78, 5) is 41.1. The van der Waals surface area contributed by atoms with Gasteiger partial charge < -0.3 is 14.5 Å². The van der Waals surface area contributed by atoms with Crippen LogP contribution in [-0.4, -0.2) is 60.2 Å². The van der Waals surface area contributed by atoms with Crippen LogP contribution >= 0.6 is 0 Å². The van der Waals surface area contributed by atoms with Gasteiger partial charge in [0, 0.05) is 51.0 Å². The van der Waals surface area contributed by atoms with Crippen molar-refractivity contribution >= 4 is 17.6 Å². The summed E-state index contributed by atoms with van der Waals surface area (Å²) in [5.41, 5.74) is 1.75. The number of ketones is 1. The van der Waals surface area contributed by atoms with Crippen LogP contribution < -0.4 is 4.74 Å². The molecule has 0 unspecified atom stereocenters. The van der Waals surface area contributed by atoms with E-state index < -0.39 is 0 Å². The zero-order valence-corrected chi connectivity index (χ0v) is 18.8. The van der Waals surface area contributed by atoms with Gasteiger partial charge >= 0.3 is 0 Å². The minimum atomic E-state index is -0.0176. The number of amides is 2. The second-order valence-electron chi connectivity index (χ2n) is 8.17. The third-order valence-electron chi connectivity index (χ3n) is 5.69. The van der Waals surface area contributed by atoms with Crippen LogP contribution in [0.4, 0.5) is 0 Å². The van der Waals surface area contributed by atoms with Crippen LogP contribution in [0.15, 0.2) is 54.6 Å². The Labute approximate surface area is 190 Å². The maximum atomic E-state index is 12.6. The number of hydrogen-bond donors (Lipinski definition) is 0. The van der Waals surface area contributed by atoms with Crippen LogP contribution in [0.3, 0.4) is 0 Å². The van der Waals surface area contributed by atoms with E-state index in [2.05, 4.69) is 0 Å². The molecule has 0 atom stereocenters. The molecule has 1 saturated heterocycles. The van der Waals surface area contributed by atoms with Crippen molar-refractivity contribution in [1.29, 1.82) is 0 Å². The van der Waals surface area contributed by atoms with Gasteiger partial charge in [-0.2, -0.15) is 0 Å². The Morgan fingerprint density at radius 1 is 0.781 bits per heavy atom. The van der Waals surface area contributed by atoms with Crippen LogP contribution in [-0.2, 0) is 9.59 Å². The summed E-state index contributed by atoms with van der Waals surface area (Å²) in [5, 5.41) is 0. The van der Waals surface area contributed by atoms with Crippen LogP contribution in [0.25, 0.3) is 0 Å². The largest absolute Gasteiger partial charge is 0.494 e. The lowest BCUT2D eigenvalue weighted by Crippen LogP contribution is -2.37. The first-order chi connectivity index (χ1) is 15.5. The summed E-state index contributed by atoms with van der Waals surface area (Å²) in [7, 11) is 0. The Morgan fingerprint density at radius 3 is 2.06 bits per heavy atom.